The van der Waals surface area contributed by atoms with Crippen LogP contribution in [0.5, 0.6) is 5.75 Å². The first-order chi connectivity index (χ1) is 19.4. The maximum atomic E-state index is 15.0. The van der Waals surface area contributed by atoms with Crippen molar-refractivity contribution in [2.75, 3.05) is 31.6 Å². The fourth-order valence-electron chi connectivity index (χ4n) is 4.26. The minimum absolute atomic E-state index is 0.00583. The van der Waals surface area contributed by atoms with Crippen molar-refractivity contribution in [3.05, 3.63) is 71.7 Å². The van der Waals surface area contributed by atoms with Crippen LogP contribution in [0.15, 0.2) is 48.9 Å². The number of nitrogens with one attached hydrogen (secondary N) is 3. The lowest BCUT2D eigenvalue weighted by Gasteiger charge is -2.17. The van der Waals surface area contributed by atoms with Crippen molar-refractivity contribution in [2.24, 2.45) is 5.73 Å². The third-order valence-electron chi connectivity index (χ3n) is 6.20. The molecule has 1 amide bonds. The molecule has 0 aliphatic heterocycles. The molecule has 0 saturated carbocycles. The summed E-state index contributed by atoms with van der Waals surface area (Å²) in [6.45, 7) is 5.55. The smallest absolute Gasteiger partial charge is 0.251 e. The molecule has 0 bridgehead atoms. The topological polar surface area (TPSA) is 119 Å². The molecule has 0 unspecified atom stereocenters. The molecule has 2 aromatic carbocycles. The molecule has 5 N–H and O–H groups in total. The fraction of sp³-hybridized carbons (Fsp3) is 0.276. The molecule has 208 valence electrons. The summed E-state index contributed by atoms with van der Waals surface area (Å²) >= 11 is 0. The number of benzene rings is 2. The van der Waals surface area contributed by atoms with Crippen LogP contribution >= 0.6 is 0 Å². The fourth-order valence-corrected chi connectivity index (χ4v) is 4.26. The average Bonchev–Trinajstić information content (AvgIpc) is 3.39. The lowest BCUT2D eigenvalue weighted by Crippen LogP contribution is -2.41. The molecule has 2 heterocycles. The highest BCUT2D eigenvalue weighted by molar-refractivity contribution is 5.96. The summed E-state index contributed by atoms with van der Waals surface area (Å²) in [6, 6.07) is 8.09. The molecular weight excluding hydrogens is 516 g/mol. The van der Waals surface area contributed by atoms with Gasteiger partial charge in [-0.3, -0.25) is 9.20 Å². The van der Waals surface area contributed by atoms with Gasteiger partial charge in [0, 0.05) is 54.9 Å². The van der Waals surface area contributed by atoms with Gasteiger partial charge in [-0.15, -0.1) is 6.42 Å². The SMILES string of the molecule is C#CCOc1ccc(-c2cnc3c(Nc4ccc(C(=O)N[C@@H](C)CNCCN)c(CC)c4)nccn23)c(F)c1F. The highest BCUT2D eigenvalue weighted by atomic mass is 19.2. The van der Waals surface area contributed by atoms with Gasteiger partial charge in [-0.2, -0.15) is 4.39 Å². The molecule has 4 rings (SSSR count). The molecular formula is C29H31F2N7O2. The number of nitrogens with zero attached hydrogens (tertiary/aromatic N) is 3. The molecule has 0 radical (unpaired) electrons. The molecule has 4 aromatic rings. The molecule has 0 aliphatic rings. The quantitative estimate of drug-likeness (QED) is 0.158. The lowest BCUT2D eigenvalue weighted by atomic mass is 10.0. The van der Waals surface area contributed by atoms with E-state index in [4.69, 9.17) is 16.9 Å². The molecule has 1 atom stereocenters. The number of halogens is 2. The summed E-state index contributed by atoms with van der Waals surface area (Å²) in [6.07, 6.45) is 10.4. The van der Waals surface area contributed by atoms with Gasteiger partial charge in [0.25, 0.3) is 5.91 Å². The molecule has 0 spiro atoms. The number of amides is 1. The van der Waals surface area contributed by atoms with E-state index in [2.05, 4.69) is 31.8 Å². The monoisotopic (exact) mass is 547 g/mol. The van der Waals surface area contributed by atoms with E-state index in [-0.39, 0.29) is 29.9 Å². The Balaban J connectivity index is 1.57. The standard InChI is InChI=1S/C29H31F2N7O2/c1-4-14-40-24-9-8-22(25(30)26(24)31)23-17-35-28-27(34-12-13-38(23)28)37-20-6-7-21(19(5-2)15-20)29(39)36-18(3)16-33-11-10-32/h1,6-9,12-13,15,17-18,33H,5,10-11,14,16,32H2,2-3H3,(H,34,37)(H,36,39)/t18-/m0/s1. The van der Waals surface area contributed by atoms with Crippen molar-refractivity contribution in [2.45, 2.75) is 26.3 Å². The minimum atomic E-state index is -1.13. The Morgan fingerprint density at radius 2 is 2.05 bits per heavy atom. The predicted octanol–water partition coefficient (Wildman–Crippen LogP) is 3.66. The Labute approximate surface area is 231 Å². The highest BCUT2D eigenvalue weighted by Gasteiger charge is 2.20. The second-order valence-electron chi connectivity index (χ2n) is 9.06. The van der Waals surface area contributed by atoms with Crippen LogP contribution in [0.2, 0.25) is 0 Å². The summed E-state index contributed by atoms with van der Waals surface area (Å²) in [4.78, 5) is 21.7. The van der Waals surface area contributed by atoms with Crippen LogP contribution in [0.25, 0.3) is 16.9 Å². The average molecular weight is 548 g/mol. The zero-order valence-electron chi connectivity index (χ0n) is 22.3. The van der Waals surface area contributed by atoms with E-state index in [0.717, 1.165) is 5.56 Å². The van der Waals surface area contributed by atoms with Crippen LogP contribution in [-0.2, 0) is 6.42 Å². The number of fused-ring (bicyclic) bond motifs is 1. The number of rotatable bonds is 12. The van der Waals surface area contributed by atoms with E-state index in [1.165, 1.54) is 24.5 Å². The number of nitrogens with two attached hydrogens (primary N) is 1. The minimum Gasteiger partial charge on any atom is -0.478 e. The number of aryl methyl sites for hydroxylation is 1. The van der Waals surface area contributed by atoms with Gasteiger partial charge in [-0.1, -0.05) is 12.8 Å². The summed E-state index contributed by atoms with van der Waals surface area (Å²) in [5, 5.41) is 9.42. The molecule has 9 nitrogen and oxygen atoms in total. The van der Waals surface area contributed by atoms with Crippen molar-refractivity contribution in [3.63, 3.8) is 0 Å². The normalized spacial score (nSPS) is 11.7. The Bertz CT molecular complexity index is 1550. The first kappa shape index (κ1) is 28.5. The van der Waals surface area contributed by atoms with Crippen LogP contribution in [0, 0.1) is 24.0 Å². The summed E-state index contributed by atoms with van der Waals surface area (Å²) in [5.74, 6) is -0.00442. The van der Waals surface area contributed by atoms with Crippen molar-refractivity contribution >= 4 is 23.1 Å². The van der Waals surface area contributed by atoms with Gasteiger partial charge in [0.15, 0.2) is 23.0 Å². The second kappa shape index (κ2) is 13.0. The van der Waals surface area contributed by atoms with E-state index in [1.807, 2.05) is 19.9 Å². The molecule has 2 aromatic heterocycles. The van der Waals surface area contributed by atoms with E-state index in [0.29, 0.717) is 54.5 Å². The molecule has 0 saturated heterocycles. The van der Waals surface area contributed by atoms with Crippen molar-refractivity contribution < 1.29 is 18.3 Å². The Kier molecular flexibility index (Phi) is 9.27. The second-order valence-corrected chi connectivity index (χ2v) is 9.06. The zero-order chi connectivity index (χ0) is 28.6. The number of imidazole rings is 1. The molecule has 11 heteroatoms. The van der Waals surface area contributed by atoms with Crippen LogP contribution in [-0.4, -0.2) is 52.6 Å². The van der Waals surface area contributed by atoms with Gasteiger partial charge < -0.3 is 26.4 Å². The van der Waals surface area contributed by atoms with Crippen LogP contribution in [0.3, 0.4) is 0 Å². The van der Waals surface area contributed by atoms with E-state index >= 15 is 0 Å². The number of carbonyl (C=O) groups is 1. The van der Waals surface area contributed by atoms with Crippen LogP contribution in [0.1, 0.15) is 29.8 Å². The van der Waals surface area contributed by atoms with E-state index in [9.17, 15) is 13.6 Å². The Morgan fingerprint density at radius 1 is 1.23 bits per heavy atom. The van der Waals surface area contributed by atoms with Crippen molar-refractivity contribution in [3.8, 4) is 29.4 Å². The van der Waals surface area contributed by atoms with Gasteiger partial charge in [0.2, 0.25) is 5.82 Å². The van der Waals surface area contributed by atoms with Crippen molar-refractivity contribution in [1.29, 1.82) is 0 Å². The number of ether oxygens (including phenoxy) is 1. The van der Waals surface area contributed by atoms with Crippen molar-refractivity contribution in [1.82, 2.24) is 25.0 Å². The summed E-state index contributed by atoms with van der Waals surface area (Å²) < 4.78 is 36.2. The molecule has 0 aliphatic carbocycles. The Morgan fingerprint density at radius 3 is 2.80 bits per heavy atom. The Hall–Kier alpha value is -4.53. The predicted molar refractivity (Wildman–Crippen MR) is 151 cm³/mol. The molecule has 40 heavy (non-hydrogen) atoms. The third-order valence-corrected chi connectivity index (χ3v) is 6.20. The first-order valence-corrected chi connectivity index (χ1v) is 12.9. The third kappa shape index (κ3) is 6.20. The van der Waals surface area contributed by atoms with Crippen LogP contribution in [0.4, 0.5) is 20.3 Å². The number of hydrogen-bond acceptors (Lipinski definition) is 7. The highest BCUT2D eigenvalue weighted by Crippen LogP contribution is 2.32. The number of aromatic nitrogens is 3. The van der Waals surface area contributed by atoms with Gasteiger partial charge in [0.1, 0.15) is 6.61 Å². The van der Waals surface area contributed by atoms with Gasteiger partial charge >= 0.3 is 0 Å². The zero-order valence-corrected chi connectivity index (χ0v) is 22.3. The number of hydrogen-bond donors (Lipinski definition) is 4. The number of carbonyl (C=O) groups excluding carboxylic acids is 1. The van der Waals surface area contributed by atoms with E-state index in [1.54, 1.807) is 22.7 Å². The number of anilines is 2. The van der Waals surface area contributed by atoms with Gasteiger partial charge in [-0.05, 0) is 49.2 Å². The largest absolute Gasteiger partial charge is 0.478 e. The summed E-state index contributed by atoms with van der Waals surface area (Å²) in [7, 11) is 0. The van der Waals surface area contributed by atoms with Gasteiger partial charge in [0.05, 0.1) is 11.9 Å². The van der Waals surface area contributed by atoms with Crippen LogP contribution < -0.4 is 26.4 Å². The van der Waals surface area contributed by atoms with E-state index < -0.39 is 11.6 Å². The lowest BCUT2D eigenvalue weighted by molar-refractivity contribution is 0.0939. The maximum absolute atomic E-state index is 15.0. The summed E-state index contributed by atoms with van der Waals surface area (Å²) in [5.41, 5.74) is 8.37. The first-order valence-electron chi connectivity index (χ1n) is 12.9. The maximum Gasteiger partial charge on any atom is 0.251 e. The van der Waals surface area contributed by atoms with Gasteiger partial charge in [-0.25, -0.2) is 14.4 Å². The number of terminal acetylenes is 1. The molecule has 0 fully saturated rings.